The lowest BCUT2D eigenvalue weighted by Gasteiger charge is -2.35. The van der Waals surface area contributed by atoms with E-state index in [2.05, 4.69) is 57.2 Å². The third-order valence-electron chi connectivity index (χ3n) is 11.1. The smallest absolute Gasteiger partial charge is 0.476 e. The highest BCUT2D eigenvalue weighted by atomic mass is 35.5. The van der Waals surface area contributed by atoms with Crippen LogP contribution in [0.15, 0.2) is 54.6 Å². The zero-order valence-corrected chi connectivity index (χ0v) is 29.5. The summed E-state index contributed by atoms with van der Waals surface area (Å²) >= 11 is 7.36. The molecule has 0 spiro atoms. The summed E-state index contributed by atoms with van der Waals surface area (Å²) < 4.78 is 32.6. The number of ether oxygens (including phenoxy) is 3. The topological polar surface area (TPSA) is 46.2 Å². The summed E-state index contributed by atoms with van der Waals surface area (Å²) in [5.74, 6) is 2.48. The van der Waals surface area contributed by atoms with Gasteiger partial charge in [-0.2, -0.15) is 0 Å². The number of hydrogen-bond donors (Lipinski definition) is 0. The van der Waals surface area contributed by atoms with Crippen LogP contribution in [0, 0.1) is 23.7 Å². The van der Waals surface area contributed by atoms with Crippen LogP contribution >= 0.6 is 11.6 Å². The fraction of sp³-hybridized carbons (Fsp3) is 0.692. The Kier molecular flexibility index (Phi) is 14.2. The minimum Gasteiger partial charge on any atom is -0.497 e. The predicted octanol–water partition coefficient (Wildman–Crippen LogP) is 9.82. The van der Waals surface area contributed by atoms with E-state index in [4.69, 9.17) is 35.1 Å². The molecule has 5 nitrogen and oxygen atoms in total. The Labute approximate surface area is 284 Å². The van der Waals surface area contributed by atoms with Gasteiger partial charge in [0.2, 0.25) is 0 Å². The maximum atomic E-state index is 7.36. The lowest BCUT2D eigenvalue weighted by atomic mass is 9.77. The SMILES string of the molecule is CC[C@H](C)[C@@H](OCc1ccccc1)[C@@H](C)[C@H](C[C@H](Cl)B1O[C@@H](C2CCCCC2)[C@H](C2CCCCC2)O1)OCc1ccc(OC)cc1. The lowest BCUT2D eigenvalue weighted by molar-refractivity contribution is -0.0914. The van der Waals surface area contributed by atoms with E-state index in [-0.39, 0.29) is 35.6 Å². The van der Waals surface area contributed by atoms with E-state index in [1.165, 1.54) is 69.8 Å². The van der Waals surface area contributed by atoms with Crippen LogP contribution in [0.2, 0.25) is 0 Å². The van der Waals surface area contributed by atoms with Crippen LogP contribution in [0.4, 0.5) is 0 Å². The third kappa shape index (κ3) is 9.75. The average molecular weight is 653 g/mol. The van der Waals surface area contributed by atoms with Crippen LogP contribution in [0.1, 0.15) is 109 Å². The Hall–Kier alpha value is -1.57. The summed E-state index contributed by atoms with van der Waals surface area (Å²) in [4.78, 5) is 0. The molecule has 7 heteroatoms. The van der Waals surface area contributed by atoms with E-state index in [1.54, 1.807) is 7.11 Å². The van der Waals surface area contributed by atoms with Crippen molar-refractivity contribution in [2.45, 2.75) is 141 Å². The Morgan fingerprint density at radius 1 is 0.761 bits per heavy atom. The molecule has 2 aromatic rings. The van der Waals surface area contributed by atoms with Gasteiger partial charge in [0.1, 0.15) is 5.75 Å². The first-order valence-corrected chi connectivity index (χ1v) is 18.8. The van der Waals surface area contributed by atoms with Crippen LogP contribution in [0.25, 0.3) is 0 Å². The minimum atomic E-state index is -0.410. The highest BCUT2D eigenvalue weighted by molar-refractivity contribution is 6.59. The molecule has 2 saturated carbocycles. The largest absolute Gasteiger partial charge is 0.497 e. The molecule has 1 saturated heterocycles. The summed E-state index contributed by atoms with van der Waals surface area (Å²) in [5.41, 5.74) is 2.29. The van der Waals surface area contributed by atoms with Crippen molar-refractivity contribution in [1.82, 2.24) is 0 Å². The van der Waals surface area contributed by atoms with Gasteiger partial charge in [-0.05, 0) is 73.1 Å². The molecule has 2 aromatic carbocycles. The molecule has 0 bridgehead atoms. The predicted molar refractivity (Wildman–Crippen MR) is 188 cm³/mol. The van der Waals surface area contributed by atoms with Crippen molar-refractivity contribution in [1.29, 1.82) is 0 Å². The minimum absolute atomic E-state index is 0.0188. The molecule has 46 heavy (non-hydrogen) atoms. The van der Waals surface area contributed by atoms with E-state index in [9.17, 15) is 0 Å². The standard InChI is InChI=1S/C39H58BClO5/c1-5-28(2)37(44-27-30-15-9-6-10-16-30)29(3)35(43-26-31-21-23-34(42-4)24-22-31)25-36(41)40-45-38(32-17-11-7-12-18-32)39(46-40)33-19-13-8-14-20-33/h6,9-10,15-16,21-24,28-29,32-33,35-39H,5,7-8,11-14,17-20,25-27H2,1-4H3/t28-,29-,35-,36-,37+,38-,39-/m0/s1. The van der Waals surface area contributed by atoms with E-state index >= 15 is 0 Å². The quantitative estimate of drug-likeness (QED) is 0.133. The van der Waals surface area contributed by atoms with Gasteiger partial charge >= 0.3 is 7.12 Å². The van der Waals surface area contributed by atoms with Gasteiger partial charge in [-0.1, -0.05) is 108 Å². The molecule has 0 radical (unpaired) electrons. The van der Waals surface area contributed by atoms with Gasteiger partial charge in [0.25, 0.3) is 0 Å². The highest BCUT2D eigenvalue weighted by Gasteiger charge is 2.50. The molecular formula is C39H58BClO5. The molecule has 1 aliphatic heterocycles. The number of alkyl halides is 1. The molecule has 5 rings (SSSR count). The van der Waals surface area contributed by atoms with Crippen LogP contribution in [0.5, 0.6) is 5.75 Å². The normalized spacial score (nSPS) is 24.8. The number of halogens is 1. The summed E-state index contributed by atoms with van der Waals surface area (Å²) in [6, 6.07) is 18.6. The van der Waals surface area contributed by atoms with Gasteiger partial charge < -0.3 is 23.5 Å². The van der Waals surface area contributed by atoms with Crippen molar-refractivity contribution >= 4 is 18.7 Å². The van der Waals surface area contributed by atoms with Crippen molar-refractivity contribution in [2.75, 3.05) is 7.11 Å². The van der Waals surface area contributed by atoms with Gasteiger partial charge in [0, 0.05) is 5.92 Å². The van der Waals surface area contributed by atoms with Gasteiger partial charge in [0.15, 0.2) is 0 Å². The Morgan fingerprint density at radius 3 is 1.85 bits per heavy atom. The first-order valence-electron chi connectivity index (χ1n) is 18.3. The number of benzene rings is 2. The zero-order chi connectivity index (χ0) is 32.3. The molecule has 254 valence electrons. The summed E-state index contributed by atoms with van der Waals surface area (Å²) in [5, 5.41) is -0.310. The number of hydrogen-bond acceptors (Lipinski definition) is 5. The summed E-state index contributed by atoms with van der Waals surface area (Å²) in [6.45, 7) is 7.88. The maximum absolute atomic E-state index is 7.36. The second kappa shape index (κ2) is 18.3. The fourth-order valence-corrected chi connectivity index (χ4v) is 8.38. The molecule has 3 fully saturated rings. The van der Waals surface area contributed by atoms with E-state index < -0.39 is 7.12 Å². The first-order chi connectivity index (χ1) is 22.5. The first kappa shape index (κ1) is 35.7. The van der Waals surface area contributed by atoms with E-state index in [0.29, 0.717) is 37.4 Å². The molecule has 0 N–H and O–H groups in total. The van der Waals surface area contributed by atoms with Crippen molar-refractivity contribution in [2.24, 2.45) is 23.7 Å². The van der Waals surface area contributed by atoms with Gasteiger partial charge in [-0.3, -0.25) is 0 Å². The van der Waals surface area contributed by atoms with Crippen molar-refractivity contribution in [3.8, 4) is 5.75 Å². The van der Waals surface area contributed by atoms with Crippen LogP contribution in [-0.2, 0) is 32.0 Å². The lowest BCUT2D eigenvalue weighted by Crippen LogP contribution is -2.41. The van der Waals surface area contributed by atoms with Crippen molar-refractivity contribution < 1.29 is 23.5 Å². The average Bonchev–Trinajstić information content (AvgIpc) is 3.57. The Bertz CT molecular complexity index is 1100. The summed E-state index contributed by atoms with van der Waals surface area (Å²) in [6.07, 6.45) is 14.8. The van der Waals surface area contributed by atoms with Gasteiger partial charge in [-0.15, -0.1) is 11.6 Å². The summed E-state index contributed by atoms with van der Waals surface area (Å²) in [7, 11) is 1.28. The van der Waals surface area contributed by atoms with E-state index in [1.807, 2.05) is 18.2 Å². The van der Waals surface area contributed by atoms with Gasteiger partial charge in [-0.25, -0.2) is 0 Å². The zero-order valence-electron chi connectivity index (χ0n) is 28.8. The van der Waals surface area contributed by atoms with Crippen molar-refractivity contribution in [3.05, 3.63) is 65.7 Å². The Balaban J connectivity index is 1.32. The van der Waals surface area contributed by atoms with Crippen LogP contribution in [0.3, 0.4) is 0 Å². The molecule has 7 atom stereocenters. The molecule has 1 heterocycles. The molecular weight excluding hydrogens is 595 g/mol. The number of rotatable bonds is 16. The molecule has 0 unspecified atom stereocenters. The fourth-order valence-electron chi connectivity index (χ4n) is 8.09. The third-order valence-corrected chi connectivity index (χ3v) is 11.5. The molecule has 0 aromatic heterocycles. The van der Waals surface area contributed by atoms with Gasteiger partial charge in [0.05, 0.1) is 50.0 Å². The Morgan fingerprint density at radius 2 is 1.30 bits per heavy atom. The number of methoxy groups -OCH3 is 1. The molecule has 3 aliphatic rings. The molecule has 0 amide bonds. The van der Waals surface area contributed by atoms with Crippen molar-refractivity contribution in [3.63, 3.8) is 0 Å². The van der Waals surface area contributed by atoms with Crippen LogP contribution < -0.4 is 4.74 Å². The monoisotopic (exact) mass is 652 g/mol. The maximum Gasteiger partial charge on any atom is 0.476 e. The molecule has 2 aliphatic carbocycles. The highest BCUT2D eigenvalue weighted by Crippen LogP contribution is 2.42. The second-order valence-electron chi connectivity index (χ2n) is 14.3. The second-order valence-corrected chi connectivity index (χ2v) is 14.9. The van der Waals surface area contributed by atoms with E-state index in [0.717, 1.165) is 17.7 Å². The van der Waals surface area contributed by atoms with Crippen LogP contribution in [-0.4, -0.2) is 43.9 Å².